The van der Waals surface area contributed by atoms with Crippen molar-refractivity contribution in [2.45, 2.75) is 266 Å². The molecule has 8 heteroatoms. The Balaban J connectivity index is 0.00000135. The fraction of sp³-hybridized carbons (Fsp3) is 0.902. The SMILES string of the molecule is CCCCCCCCCCCCCCCCCCN(CCCCC)C(Cc1c[nH]cn1)C(=O)OCCCC.CCCCCCCCCCN(CCCCC)C(C)C(=O)O. The molecule has 0 radical (unpaired) electrons. The summed E-state index contributed by atoms with van der Waals surface area (Å²) in [7, 11) is 0. The van der Waals surface area contributed by atoms with Crippen LogP contribution in [0.3, 0.4) is 0 Å². The first-order valence-corrected chi connectivity index (χ1v) is 25.7. The molecule has 0 saturated carbocycles. The zero-order valence-corrected chi connectivity index (χ0v) is 40.2. The molecule has 2 atom stereocenters. The summed E-state index contributed by atoms with van der Waals surface area (Å²) >= 11 is 0. The van der Waals surface area contributed by atoms with Crippen molar-refractivity contribution in [2.24, 2.45) is 0 Å². The van der Waals surface area contributed by atoms with E-state index in [4.69, 9.17) is 4.74 Å². The Hall–Kier alpha value is -1.93. The minimum Gasteiger partial charge on any atom is -0.480 e. The Morgan fingerprint density at radius 2 is 0.881 bits per heavy atom. The first-order chi connectivity index (χ1) is 28.9. The maximum absolute atomic E-state index is 13.1. The average molecular weight is 833 g/mol. The minimum atomic E-state index is -0.689. The van der Waals surface area contributed by atoms with Gasteiger partial charge in [0.15, 0.2) is 0 Å². The number of aliphatic carboxylic acids is 1. The third kappa shape index (κ3) is 35.4. The molecule has 0 amide bonds. The second kappa shape index (κ2) is 44.1. The van der Waals surface area contributed by atoms with Gasteiger partial charge >= 0.3 is 11.9 Å². The second-order valence-electron chi connectivity index (χ2n) is 17.6. The fourth-order valence-electron chi connectivity index (χ4n) is 7.90. The van der Waals surface area contributed by atoms with Gasteiger partial charge in [0.25, 0.3) is 0 Å². The number of nitrogens with one attached hydrogen (secondary N) is 1. The van der Waals surface area contributed by atoms with Gasteiger partial charge in [-0.25, -0.2) is 4.98 Å². The molecule has 0 spiro atoms. The Morgan fingerprint density at radius 3 is 1.24 bits per heavy atom. The highest BCUT2D eigenvalue weighted by Crippen LogP contribution is 2.17. The predicted molar refractivity (Wildman–Crippen MR) is 253 cm³/mol. The number of carboxylic acid groups (broad SMARTS) is 1. The van der Waals surface area contributed by atoms with Crippen LogP contribution in [0.5, 0.6) is 0 Å². The van der Waals surface area contributed by atoms with Crippen molar-refractivity contribution in [3.8, 4) is 0 Å². The number of carbonyl (C=O) groups is 2. The normalized spacial score (nSPS) is 12.5. The van der Waals surface area contributed by atoms with E-state index >= 15 is 0 Å². The lowest BCUT2D eigenvalue weighted by Gasteiger charge is -2.30. The molecule has 0 aliphatic rings. The largest absolute Gasteiger partial charge is 0.480 e. The van der Waals surface area contributed by atoms with Crippen molar-refractivity contribution in [1.82, 2.24) is 19.8 Å². The molecule has 2 N–H and O–H groups in total. The standard InChI is InChI=1S/C33H63N3O2.C18H37NO2/c1-4-7-10-11-12-13-14-15-16-17-18-19-20-21-22-24-26-36(25-23-8-5-2)32(28-31-29-34-30-35-31)33(37)38-27-9-6-3;1-4-6-8-9-10-11-12-14-16-19(15-13-7-5-2)17(3)18(20)21/h29-30,32H,4-28H2,1-3H3,(H,34,35);17H,4-16H2,1-3H3,(H,20,21). The molecule has 0 bridgehead atoms. The third-order valence-corrected chi connectivity index (χ3v) is 12.0. The van der Waals surface area contributed by atoms with Gasteiger partial charge in [0, 0.05) is 12.6 Å². The van der Waals surface area contributed by atoms with Crippen LogP contribution in [0.25, 0.3) is 0 Å². The molecule has 348 valence electrons. The van der Waals surface area contributed by atoms with Crippen LogP contribution < -0.4 is 0 Å². The number of carboxylic acids is 1. The van der Waals surface area contributed by atoms with Crippen LogP contribution in [0.2, 0.25) is 0 Å². The van der Waals surface area contributed by atoms with E-state index in [0.717, 1.165) is 70.4 Å². The molecular formula is C51H100N4O4. The summed E-state index contributed by atoms with van der Waals surface area (Å²) in [5.74, 6) is -0.763. The number of aromatic amines is 1. The van der Waals surface area contributed by atoms with Crippen molar-refractivity contribution in [3.63, 3.8) is 0 Å². The average Bonchev–Trinajstić information content (AvgIpc) is 3.76. The van der Waals surface area contributed by atoms with Gasteiger partial charge in [-0.2, -0.15) is 0 Å². The quantitative estimate of drug-likeness (QED) is 0.0499. The smallest absolute Gasteiger partial charge is 0.323 e. The number of carbonyl (C=O) groups excluding carboxylic acids is 1. The lowest BCUT2D eigenvalue weighted by atomic mass is 10.0. The third-order valence-electron chi connectivity index (χ3n) is 12.0. The monoisotopic (exact) mass is 833 g/mol. The van der Waals surface area contributed by atoms with E-state index in [1.54, 1.807) is 6.33 Å². The maximum Gasteiger partial charge on any atom is 0.323 e. The van der Waals surface area contributed by atoms with Crippen LogP contribution in [-0.2, 0) is 20.7 Å². The predicted octanol–water partition coefficient (Wildman–Crippen LogP) is 14.5. The van der Waals surface area contributed by atoms with Crippen LogP contribution >= 0.6 is 0 Å². The van der Waals surface area contributed by atoms with Crippen LogP contribution in [0.1, 0.15) is 253 Å². The summed E-state index contributed by atoms with van der Waals surface area (Å²) in [5, 5.41) is 9.19. The summed E-state index contributed by atoms with van der Waals surface area (Å²) in [6, 6.07) is -0.574. The van der Waals surface area contributed by atoms with E-state index in [0.29, 0.717) is 13.0 Å². The Labute approximate surface area is 366 Å². The van der Waals surface area contributed by atoms with Gasteiger partial charge in [-0.1, -0.05) is 208 Å². The van der Waals surface area contributed by atoms with Gasteiger partial charge in [-0.3, -0.25) is 19.4 Å². The molecule has 1 aromatic heterocycles. The number of unbranched alkanes of at least 4 members (excludes halogenated alkanes) is 27. The highest BCUT2D eigenvalue weighted by Gasteiger charge is 2.28. The lowest BCUT2D eigenvalue weighted by Crippen LogP contribution is -2.45. The zero-order chi connectivity index (χ0) is 43.4. The minimum absolute atomic E-state index is 0.0746. The van der Waals surface area contributed by atoms with Gasteiger partial charge in [0.05, 0.1) is 18.6 Å². The lowest BCUT2D eigenvalue weighted by molar-refractivity contribution is -0.150. The molecule has 1 rings (SSSR count). The number of aromatic nitrogens is 2. The Morgan fingerprint density at radius 1 is 0.542 bits per heavy atom. The van der Waals surface area contributed by atoms with Gasteiger partial charge in [-0.15, -0.1) is 0 Å². The Kier molecular flexibility index (Phi) is 42.7. The van der Waals surface area contributed by atoms with Gasteiger partial charge in [0.1, 0.15) is 12.1 Å². The van der Waals surface area contributed by atoms with Crippen LogP contribution in [0.15, 0.2) is 12.5 Å². The Bertz CT molecular complexity index is 1010. The van der Waals surface area contributed by atoms with Crippen LogP contribution in [0.4, 0.5) is 0 Å². The summed E-state index contributed by atoms with van der Waals surface area (Å²) in [6.45, 7) is 17.2. The number of nitrogens with zero attached hydrogens (tertiary/aromatic N) is 3. The molecule has 0 fully saturated rings. The molecule has 59 heavy (non-hydrogen) atoms. The summed E-state index contributed by atoms with van der Waals surface area (Å²) < 4.78 is 5.69. The van der Waals surface area contributed by atoms with Gasteiger partial charge < -0.3 is 14.8 Å². The molecule has 0 aromatic carbocycles. The van der Waals surface area contributed by atoms with E-state index in [-0.39, 0.29) is 18.1 Å². The van der Waals surface area contributed by atoms with E-state index in [1.165, 1.54) is 167 Å². The van der Waals surface area contributed by atoms with Crippen molar-refractivity contribution in [1.29, 1.82) is 0 Å². The number of esters is 1. The summed E-state index contributed by atoms with van der Waals surface area (Å²) in [6.07, 6.45) is 45.7. The number of H-pyrrole nitrogens is 1. The molecule has 0 saturated heterocycles. The number of rotatable bonds is 43. The van der Waals surface area contributed by atoms with Gasteiger partial charge in [-0.05, 0) is 65.2 Å². The number of imidazole rings is 1. The van der Waals surface area contributed by atoms with E-state index < -0.39 is 5.97 Å². The molecule has 2 unspecified atom stereocenters. The van der Waals surface area contributed by atoms with Crippen molar-refractivity contribution in [3.05, 3.63) is 18.2 Å². The molecule has 0 aliphatic heterocycles. The highest BCUT2D eigenvalue weighted by molar-refractivity contribution is 5.76. The summed E-state index contributed by atoms with van der Waals surface area (Å²) in [4.78, 5) is 36.2. The summed E-state index contributed by atoms with van der Waals surface area (Å²) in [5.41, 5.74) is 0.940. The second-order valence-corrected chi connectivity index (χ2v) is 17.6. The van der Waals surface area contributed by atoms with Gasteiger partial charge in [0.2, 0.25) is 0 Å². The molecule has 0 aliphatic carbocycles. The first-order valence-electron chi connectivity index (χ1n) is 25.7. The number of hydrogen-bond donors (Lipinski definition) is 2. The van der Waals surface area contributed by atoms with E-state index in [1.807, 2.05) is 13.1 Å². The topological polar surface area (TPSA) is 98.8 Å². The van der Waals surface area contributed by atoms with Crippen molar-refractivity contribution < 1.29 is 19.4 Å². The van der Waals surface area contributed by atoms with Crippen molar-refractivity contribution >= 4 is 11.9 Å². The first kappa shape index (κ1) is 57.1. The van der Waals surface area contributed by atoms with E-state index in [9.17, 15) is 14.7 Å². The van der Waals surface area contributed by atoms with Crippen LogP contribution in [0, 0.1) is 0 Å². The molecule has 1 aromatic rings. The van der Waals surface area contributed by atoms with E-state index in [2.05, 4.69) is 54.4 Å². The fourth-order valence-corrected chi connectivity index (χ4v) is 7.90. The zero-order valence-electron chi connectivity index (χ0n) is 40.2. The molecule has 1 heterocycles. The number of ether oxygens (including phenoxy) is 1. The molecular weight excluding hydrogens is 733 g/mol. The van der Waals surface area contributed by atoms with Crippen molar-refractivity contribution in [2.75, 3.05) is 32.8 Å². The van der Waals surface area contributed by atoms with Crippen LogP contribution in [-0.4, -0.2) is 81.7 Å². The molecule has 8 nitrogen and oxygen atoms in total. The number of hydrogen-bond acceptors (Lipinski definition) is 6. The maximum atomic E-state index is 13.1. The highest BCUT2D eigenvalue weighted by atomic mass is 16.5.